The van der Waals surface area contributed by atoms with Crippen LogP contribution in [0, 0.1) is 11.7 Å². The van der Waals surface area contributed by atoms with Crippen molar-refractivity contribution in [2.75, 3.05) is 24.0 Å². The number of carbonyl (C=O) groups excluding carboxylic acids is 2. The maximum absolute atomic E-state index is 15.1. The highest BCUT2D eigenvalue weighted by Gasteiger charge is 2.35. The van der Waals surface area contributed by atoms with E-state index in [-0.39, 0.29) is 47.4 Å². The molecule has 0 aliphatic rings. The molecule has 4 rings (SSSR count). The summed E-state index contributed by atoms with van der Waals surface area (Å²) in [6.45, 7) is 5.38. The molecule has 0 saturated carbocycles. The van der Waals surface area contributed by atoms with Gasteiger partial charge in [-0.15, -0.1) is 0 Å². The number of rotatable bonds is 15. The van der Waals surface area contributed by atoms with E-state index in [9.17, 15) is 18.0 Å². The van der Waals surface area contributed by atoms with E-state index in [1.807, 2.05) is 44.2 Å². The Morgan fingerprint density at radius 3 is 2.11 bits per heavy atom. The normalized spacial score (nSPS) is 11.9. The Kier molecular flexibility index (Phi) is 11.9. The van der Waals surface area contributed by atoms with Crippen LogP contribution in [0.1, 0.15) is 31.9 Å². The number of halogens is 1. The lowest BCUT2D eigenvalue weighted by atomic mass is 10.0. The zero-order valence-corrected chi connectivity index (χ0v) is 27.1. The largest absolute Gasteiger partial charge is 0.492 e. The Hall–Kier alpha value is -4.70. The average Bonchev–Trinajstić information content (AvgIpc) is 3.06. The van der Waals surface area contributed by atoms with Gasteiger partial charge in [0.05, 0.1) is 17.2 Å². The Morgan fingerprint density at radius 1 is 0.848 bits per heavy atom. The molecule has 10 heteroatoms. The van der Waals surface area contributed by atoms with E-state index in [0.29, 0.717) is 6.54 Å². The molecule has 242 valence electrons. The number of nitrogens with zero attached hydrogens (tertiary/aromatic N) is 2. The first kappa shape index (κ1) is 34.2. The Morgan fingerprint density at radius 2 is 1.46 bits per heavy atom. The van der Waals surface area contributed by atoms with Crippen LogP contribution in [0.4, 0.5) is 10.1 Å². The zero-order chi connectivity index (χ0) is 33.1. The van der Waals surface area contributed by atoms with Gasteiger partial charge in [-0.2, -0.15) is 0 Å². The van der Waals surface area contributed by atoms with Crippen LogP contribution in [0.5, 0.6) is 5.75 Å². The third kappa shape index (κ3) is 8.72. The summed E-state index contributed by atoms with van der Waals surface area (Å²) < 4.78 is 50.2. The molecule has 0 aliphatic carbocycles. The Bertz CT molecular complexity index is 1700. The van der Waals surface area contributed by atoms with E-state index >= 15 is 4.39 Å². The van der Waals surface area contributed by atoms with E-state index in [0.717, 1.165) is 9.87 Å². The fraction of sp³-hybridized carbons (Fsp3) is 0.278. The van der Waals surface area contributed by atoms with Crippen molar-refractivity contribution in [2.45, 2.75) is 44.7 Å². The summed E-state index contributed by atoms with van der Waals surface area (Å²) in [5, 5.41) is 2.93. The van der Waals surface area contributed by atoms with Crippen molar-refractivity contribution in [3.05, 3.63) is 126 Å². The van der Waals surface area contributed by atoms with E-state index in [2.05, 4.69) is 5.32 Å². The topological polar surface area (TPSA) is 96.0 Å². The lowest BCUT2D eigenvalue weighted by Gasteiger charge is -2.34. The van der Waals surface area contributed by atoms with Crippen LogP contribution in [0.3, 0.4) is 0 Å². The number of amides is 2. The standard InChI is InChI=1S/C36H40FN3O5S/c1-4-45-34-22-14-13-21-32(34)40(46(43,44)30-18-9-6-10-19-30)26-35(41)39(25-29-17-11-12-20-31(29)37)33(36(42)38-24-27(2)3)23-28-15-7-5-8-16-28/h5-22,27,33H,4,23-26H2,1-3H3,(H,38,42)/t33-/m1/s1. The SMILES string of the molecule is CCOc1ccccc1N(CC(=O)N(Cc1ccccc1F)[C@H](Cc1ccccc1)C(=O)NCC(C)C)S(=O)(=O)c1ccccc1. The highest BCUT2D eigenvalue weighted by Crippen LogP contribution is 2.33. The van der Waals surface area contributed by atoms with Crippen LogP contribution in [0.25, 0.3) is 0 Å². The number of para-hydroxylation sites is 2. The highest BCUT2D eigenvalue weighted by atomic mass is 32.2. The van der Waals surface area contributed by atoms with Crippen molar-refractivity contribution in [1.29, 1.82) is 0 Å². The summed E-state index contributed by atoms with van der Waals surface area (Å²) in [7, 11) is -4.30. The number of nitrogens with one attached hydrogen (secondary N) is 1. The molecule has 8 nitrogen and oxygen atoms in total. The lowest BCUT2D eigenvalue weighted by molar-refractivity contribution is -0.140. The summed E-state index contributed by atoms with van der Waals surface area (Å²) in [6.07, 6.45) is 0.131. The molecule has 0 spiro atoms. The molecule has 46 heavy (non-hydrogen) atoms. The molecule has 2 amide bonds. The van der Waals surface area contributed by atoms with Crippen LogP contribution >= 0.6 is 0 Å². The molecule has 0 bridgehead atoms. The van der Waals surface area contributed by atoms with Gasteiger partial charge in [-0.3, -0.25) is 13.9 Å². The van der Waals surface area contributed by atoms with Crippen LogP contribution < -0.4 is 14.4 Å². The van der Waals surface area contributed by atoms with Gasteiger partial charge in [0.15, 0.2) is 0 Å². The Balaban J connectivity index is 1.83. The van der Waals surface area contributed by atoms with Gasteiger partial charge in [-0.1, -0.05) is 92.7 Å². The molecular weight excluding hydrogens is 605 g/mol. The molecule has 4 aromatic rings. The van der Waals surface area contributed by atoms with E-state index < -0.39 is 40.2 Å². The minimum absolute atomic E-state index is 0.0229. The number of anilines is 1. The predicted octanol–water partition coefficient (Wildman–Crippen LogP) is 5.83. The van der Waals surface area contributed by atoms with Gasteiger partial charge in [0.25, 0.3) is 10.0 Å². The third-order valence-electron chi connectivity index (χ3n) is 7.30. The second-order valence-electron chi connectivity index (χ2n) is 11.2. The van der Waals surface area contributed by atoms with Crippen molar-refractivity contribution in [1.82, 2.24) is 10.2 Å². The molecule has 0 aliphatic heterocycles. The smallest absolute Gasteiger partial charge is 0.264 e. The molecule has 0 aromatic heterocycles. The van der Waals surface area contributed by atoms with Crippen LogP contribution in [-0.2, 0) is 32.6 Å². The second-order valence-corrected chi connectivity index (χ2v) is 13.0. The molecule has 0 radical (unpaired) electrons. The zero-order valence-electron chi connectivity index (χ0n) is 26.3. The van der Waals surface area contributed by atoms with Crippen LogP contribution in [0.15, 0.2) is 114 Å². The van der Waals surface area contributed by atoms with E-state index in [1.54, 1.807) is 67.6 Å². The maximum Gasteiger partial charge on any atom is 0.264 e. The number of benzene rings is 4. The van der Waals surface area contributed by atoms with E-state index in [4.69, 9.17) is 4.74 Å². The first-order valence-electron chi connectivity index (χ1n) is 15.3. The summed E-state index contributed by atoms with van der Waals surface area (Å²) in [4.78, 5) is 29.6. The average molecular weight is 646 g/mol. The van der Waals surface area contributed by atoms with E-state index in [1.165, 1.54) is 23.1 Å². The number of ether oxygens (including phenoxy) is 1. The maximum atomic E-state index is 15.1. The molecular formula is C36H40FN3O5S. The lowest BCUT2D eigenvalue weighted by Crippen LogP contribution is -2.53. The molecule has 0 fully saturated rings. The van der Waals surface area contributed by atoms with Gasteiger partial charge in [-0.25, -0.2) is 12.8 Å². The van der Waals surface area contributed by atoms with Crippen LogP contribution in [-0.4, -0.2) is 50.9 Å². The predicted molar refractivity (Wildman–Crippen MR) is 177 cm³/mol. The molecule has 4 aromatic carbocycles. The Labute approximate surface area is 270 Å². The van der Waals surface area contributed by atoms with Gasteiger partial charge in [0, 0.05) is 25.1 Å². The van der Waals surface area contributed by atoms with Crippen molar-refractivity contribution in [3.63, 3.8) is 0 Å². The van der Waals surface area contributed by atoms with Gasteiger partial charge in [0.1, 0.15) is 24.2 Å². The quantitative estimate of drug-likeness (QED) is 0.176. The molecule has 0 saturated heterocycles. The summed E-state index contributed by atoms with van der Waals surface area (Å²) in [5.74, 6) is -1.24. The fourth-order valence-corrected chi connectivity index (χ4v) is 6.41. The number of sulfonamides is 1. The molecule has 1 N–H and O–H groups in total. The molecule has 0 unspecified atom stereocenters. The monoisotopic (exact) mass is 645 g/mol. The first-order chi connectivity index (χ1) is 22.1. The van der Waals surface area contributed by atoms with Crippen molar-refractivity contribution < 1.29 is 27.1 Å². The van der Waals surface area contributed by atoms with Crippen molar-refractivity contribution >= 4 is 27.5 Å². The van der Waals surface area contributed by atoms with Crippen LogP contribution in [0.2, 0.25) is 0 Å². The summed E-state index contributed by atoms with van der Waals surface area (Å²) in [6, 6.07) is 28.5. The fourth-order valence-electron chi connectivity index (χ4n) is 4.96. The highest BCUT2D eigenvalue weighted by molar-refractivity contribution is 7.92. The van der Waals surface area contributed by atoms with Gasteiger partial charge < -0.3 is 15.0 Å². The van der Waals surface area contributed by atoms with Gasteiger partial charge in [-0.05, 0) is 48.7 Å². The van der Waals surface area contributed by atoms with Crippen molar-refractivity contribution in [3.8, 4) is 5.75 Å². The third-order valence-corrected chi connectivity index (χ3v) is 9.07. The summed E-state index contributed by atoms with van der Waals surface area (Å²) >= 11 is 0. The number of hydrogen-bond donors (Lipinski definition) is 1. The second kappa shape index (κ2) is 16.0. The van der Waals surface area contributed by atoms with Gasteiger partial charge >= 0.3 is 0 Å². The van der Waals surface area contributed by atoms with Gasteiger partial charge in [0.2, 0.25) is 11.8 Å². The summed E-state index contributed by atoms with van der Waals surface area (Å²) in [5.41, 5.74) is 1.14. The molecule has 0 heterocycles. The molecule has 1 atom stereocenters. The minimum Gasteiger partial charge on any atom is -0.492 e. The first-order valence-corrected chi connectivity index (χ1v) is 16.7. The minimum atomic E-state index is -4.30. The van der Waals surface area contributed by atoms with Crippen molar-refractivity contribution in [2.24, 2.45) is 5.92 Å². The number of carbonyl (C=O) groups is 2. The number of hydrogen-bond acceptors (Lipinski definition) is 5.